The summed E-state index contributed by atoms with van der Waals surface area (Å²) in [6.45, 7) is 39.0. The first-order valence-corrected chi connectivity index (χ1v) is 44.8. The van der Waals surface area contributed by atoms with E-state index in [2.05, 4.69) is 4.18 Å². The number of hydrogen-bond donors (Lipinski definition) is 0. The summed E-state index contributed by atoms with van der Waals surface area (Å²) < 4.78 is 122. The maximum absolute atomic E-state index is 11.3. The topological polar surface area (TPSA) is 289 Å². The molecule has 0 N–H and O–H groups in total. The third-order valence-electron chi connectivity index (χ3n) is 22.1. The Morgan fingerprint density at radius 3 is 1.47 bits per heavy atom. The molecule has 6 aliphatic carbocycles. The minimum Gasteiger partial charge on any atom is -0.465 e. The SMILES string of the molecule is CC.CC.CC.CC.CC.CC.CC.CC.CC.O=C1CCC2(CCCCC2)O1.O=C1OCC2C3CCC(O3)C12.O=C1OCC2CC3CC1C2C3.O=C1OCC2CC3CC1C2O3.O=C1OCC2CCCC1C2.O=S1(=O)CCCO1.O=S1(=O)OC2CC3CC1C2O3.O=S1(=O)OC2CC3CC2C1C3. The van der Waals surface area contributed by atoms with Gasteiger partial charge in [-0.3, -0.25) is 36.5 Å². The molecule has 25 heteroatoms. The highest BCUT2D eigenvalue weighted by Crippen LogP contribution is 2.56. The van der Waals surface area contributed by atoms with Crippen LogP contribution in [0.15, 0.2) is 0 Å². The lowest BCUT2D eigenvalue weighted by atomic mass is 9.79. The highest BCUT2D eigenvalue weighted by atomic mass is 32.2. The summed E-state index contributed by atoms with van der Waals surface area (Å²) in [5.41, 5.74) is -0.00463. The van der Waals surface area contributed by atoms with E-state index in [1.165, 1.54) is 44.9 Å². The van der Waals surface area contributed by atoms with Crippen LogP contribution in [0.5, 0.6) is 0 Å². The lowest BCUT2D eigenvalue weighted by Gasteiger charge is -2.32. The Hall–Kier alpha value is -3.04. The predicted octanol–water partition coefficient (Wildman–Crippen LogP) is 14.4. The molecule has 590 valence electrons. The molecule has 0 aromatic heterocycles. The summed E-state index contributed by atoms with van der Waals surface area (Å²) in [5, 5.41) is -0.488. The van der Waals surface area contributed by atoms with Crippen LogP contribution < -0.4 is 0 Å². The van der Waals surface area contributed by atoms with Gasteiger partial charge in [-0.2, -0.15) is 25.3 Å². The quantitative estimate of drug-likeness (QED) is 0.124. The highest BCUT2D eigenvalue weighted by molar-refractivity contribution is 7.88. The Labute approximate surface area is 610 Å². The van der Waals surface area contributed by atoms with Crippen molar-refractivity contribution in [2.45, 2.75) is 344 Å². The minimum absolute atomic E-state index is 0.00463. The van der Waals surface area contributed by atoms with Crippen molar-refractivity contribution < 1.29 is 99.7 Å². The molecule has 0 radical (unpaired) electrons. The fraction of sp³-hybridized carbons (Fsp3) is 0.934. The highest BCUT2D eigenvalue weighted by Gasteiger charge is 2.62. The van der Waals surface area contributed by atoms with E-state index in [0.717, 1.165) is 108 Å². The molecule has 14 saturated heterocycles. The number of ether oxygens (including phenoxy) is 8. The molecule has 0 aromatic rings. The first-order chi connectivity index (χ1) is 48.8. The van der Waals surface area contributed by atoms with Crippen LogP contribution in [-0.4, -0.2) is 159 Å². The molecule has 22 nitrogen and oxygen atoms in total. The van der Waals surface area contributed by atoms with Crippen LogP contribution in [0.1, 0.15) is 279 Å². The number of fused-ring (bicyclic) bond motifs is 11. The molecule has 20 rings (SSSR count). The molecule has 20 aliphatic rings. The summed E-state index contributed by atoms with van der Waals surface area (Å²) in [6.07, 6.45) is 26.3. The van der Waals surface area contributed by atoms with Gasteiger partial charge in [0.05, 0.1) is 104 Å². The average molecular weight is 1500 g/mol. The van der Waals surface area contributed by atoms with Crippen LogP contribution in [0.4, 0.5) is 0 Å². The van der Waals surface area contributed by atoms with Crippen molar-refractivity contribution in [1.29, 1.82) is 0 Å². The van der Waals surface area contributed by atoms with Gasteiger partial charge in [-0.15, -0.1) is 0 Å². The zero-order chi connectivity index (χ0) is 75.6. The van der Waals surface area contributed by atoms with E-state index >= 15 is 0 Å². The Bertz CT molecular complexity index is 2700. The van der Waals surface area contributed by atoms with Crippen LogP contribution in [-0.2, 0) is 105 Å². The van der Waals surface area contributed by atoms with Gasteiger partial charge in [-0.25, -0.2) is 0 Å². The summed E-state index contributed by atoms with van der Waals surface area (Å²) >= 11 is 0. The Kier molecular flexibility index (Phi) is 39.1. The van der Waals surface area contributed by atoms with Gasteiger partial charge < -0.3 is 37.9 Å². The molecular weight excluding hydrogens is 1360 g/mol. The normalized spacial score (nSPS) is 39.2. The van der Waals surface area contributed by atoms with Crippen molar-refractivity contribution in [3.05, 3.63) is 0 Å². The molecule has 20 fully saturated rings. The number of rotatable bonds is 0. The predicted molar refractivity (Wildman–Crippen MR) is 388 cm³/mol. The maximum Gasteiger partial charge on any atom is 0.312 e. The molecule has 101 heavy (non-hydrogen) atoms. The molecule has 14 aliphatic heterocycles. The first-order valence-electron chi connectivity index (χ1n) is 40.3. The summed E-state index contributed by atoms with van der Waals surface area (Å²) in [6, 6.07) is 0. The van der Waals surface area contributed by atoms with Crippen molar-refractivity contribution in [1.82, 2.24) is 0 Å². The maximum atomic E-state index is 11.3. The van der Waals surface area contributed by atoms with Crippen molar-refractivity contribution in [3.8, 4) is 0 Å². The smallest absolute Gasteiger partial charge is 0.312 e. The average Bonchev–Trinajstić information content (AvgIpc) is 1.59. The van der Waals surface area contributed by atoms with Gasteiger partial charge in [0.25, 0.3) is 30.4 Å². The Morgan fingerprint density at radius 2 is 0.960 bits per heavy atom. The number of cyclic esters (lactones) is 4. The van der Waals surface area contributed by atoms with E-state index in [1.54, 1.807) is 0 Å². The fourth-order valence-corrected chi connectivity index (χ4v) is 22.8. The monoisotopic (exact) mass is 1500 g/mol. The van der Waals surface area contributed by atoms with Crippen LogP contribution in [0, 0.1) is 71.0 Å². The second kappa shape index (κ2) is 43.7. The van der Waals surface area contributed by atoms with E-state index in [9.17, 15) is 49.2 Å². The third kappa shape index (κ3) is 22.8. The van der Waals surface area contributed by atoms with Crippen LogP contribution in [0.3, 0.4) is 0 Å². The van der Waals surface area contributed by atoms with Crippen LogP contribution in [0.25, 0.3) is 0 Å². The number of carbonyl (C=O) groups is 5. The third-order valence-corrected chi connectivity index (χ3v) is 27.0. The molecule has 0 amide bonds. The molecule has 6 saturated carbocycles. The van der Waals surface area contributed by atoms with Gasteiger partial charge in [0.15, 0.2) is 0 Å². The van der Waals surface area contributed by atoms with Crippen LogP contribution in [0.2, 0.25) is 0 Å². The van der Waals surface area contributed by atoms with E-state index in [-0.39, 0.29) is 106 Å². The molecule has 22 unspecified atom stereocenters. The zero-order valence-electron chi connectivity index (χ0n) is 65.1. The van der Waals surface area contributed by atoms with Gasteiger partial charge >= 0.3 is 29.8 Å². The van der Waals surface area contributed by atoms with E-state index < -0.39 is 30.4 Å². The van der Waals surface area contributed by atoms with E-state index in [0.29, 0.717) is 99.3 Å². The Morgan fingerprint density at radius 1 is 0.386 bits per heavy atom. The lowest BCUT2D eigenvalue weighted by molar-refractivity contribution is -0.161. The summed E-state index contributed by atoms with van der Waals surface area (Å²) in [5.74, 6) is 5.92. The molecule has 0 aromatic carbocycles. The molecule has 14 heterocycles. The van der Waals surface area contributed by atoms with Gasteiger partial charge in [-0.1, -0.05) is 137 Å². The molecule has 1 spiro atoms. The van der Waals surface area contributed by atoms with E-state index in [1.807, 2.05) is 125 Å². The first kappa shape index (κ1) is 90.4. The Balaban J connectivity index is 0.000000237. The number of hydrogen-bond acceptors (Lipinski definition) is 22. The van der Waals surface area contributed by atoms with Crippen LogP contribution >= 0.6 is 0 Å². The number of carbonyl (C=O) groups excluding carboxylic acids is 5. The standard InChI is InChI=1S/C9H12O2.C9H14O2.2C8H10O3.C8H12O2.C7H10O3S.C6H8O4S.C3H6O3S.9C2H6/c10-9-8-3-5-1-6(4-11-9)7(8)2-5;10-8-4-7-9(11-8)5-2-1-3-6-9;9-8-6-2-5-1-4(3-10-8)7(6)11-5;9-8-7-4(3-10-8)5-1-2-6(7)11-5;9-8-7-3-1-2-6(4-7)5-10-8;8-11(9)7-3-4-1-5(7)6(2-4)10-11;7-11(8)5-2-3-1-4(10-11)6(5)9-3;4-7(5)3-1-2-6-7;9*1-2/h5-8H,1-4H2;1-7H2;2*4-7H,1-3H2;6-7H,1-5H2;4-7H,1-3H2;3-6H,1-2H2;1-3H2;9*1-2H3. The second-order valence-electron chi connectivity index (χ2n) is 27.3. The zero-order valence-corrected chi connectivity index (χ0v) is 67.6. The minimum atomic E-state index is -3.26. The largest absolute Gasteiger partial charge is 0.465 e. The van der Waals surface area contributed by atoms with Gasteiger partial charge in [-0.05, 0) is 158 Å². The van der Waals surface area contributed by atoms with Crippen molar-refractivity contribution in [2.24, 2.45) is 71.0 Å². The summed E-state index contributed by atoms with van der Waals surface area (Å²) in [7, 11) is -9.43. The second-order valence-corrected chi connectivity index (χ2v) is 32.6. The van der Waals surface area contributed by atoms with Gasteiger partial charge in [0.2, 0.25) is 0 Å². The van der Waals surface area contributed by atoms with Gasteiger partial charge in [0.1, 0.15) is 23.1 Å². The molecule has 22 atom stereocenters. The summed E-state index contributed by atoms with van der Waals surface area (Å²) in [4.78, 5) is 55.4. The van der Waals surface area contributed by atoms with Gasteiger partial charge in [0, 0.05) is 30.6 Å². The lowest BCUT2D eigenvalue weighted by Crippen LogP contribution is -2.41. The molecule has 12 bridgehead atoms. The number of esters is 5. The van der Waals surface area contributed by atoms with Crippen molar-refractivity contribution >= 4 is 60.2 Å². The molecular formula is C76H136O22S3. The van der Waals surface area contributed by atoms with E-state index in [4.69, 9.17) is 46.3 Å². The van der Waals surface area contributed by atoms with Crippen molar-refractivity contribution in [3.63, 3.8) is 0 Å². The van der Waals surface area contributed by atoms with Crippen molar-refractivity contribution in [2.75, 3.05) is 38.8 Å². The fourth-order valence-electron chi connectivity index (χ4n) is 18.2.